The number of aliphatic hydroxyl groups is 1. The van der Waals surface area contributed by atoms with E-state index < -0.39 is 29.9 Å². The maximum atomic E-state index is 12.1. The largest absolute Gasteiger partial charge is 0.480 e. The average Bonchev–Trinajstić information content (AvgIpc) is 3.53. The number of primary amides is 1. The molecule has 2 amide bonds. The van der Waals surface area contributed by atoms with Gasteiger partial charge in [-0.1, -0.05) is 66.3 Å². The second-order valence-corrected chi connectivity index (χ2v) is 8.65. The van der Waals surface area contributed by atoms with E-state index >= 15 is 0 Å². The molecule has 4 atom stereocenters. The van der Waals surface area contributed by atoms with Gasteiger partial charge in [0.25, 0.3) is 0 Å². The van der Waals surface area contributed by atoms with Crippen LogP contribution in [0.1, 0.15) is 26.5 Å². The number of carboxylic acid groups (broad SMARTS) is 1. The first-order valence-electron chi connectivity index (χ1n) is 12.2. The van der Waals surface area contributed by atoms with Gasteiger partial charge < -0.3 is 31.0 Å². The summed E-state index contributed by atoms with van der Waals surface area (Å²) in [5.74, 6) is -2.97. The van der Waals surface area contributed by atoms with Crippen LogP contribution in [-0.4, -0.2) is 63.2 Å². The molecule has 0 spiro atoms. The molecule has 0 aromatic carbocycles. The number of hydrogen-bond acceptors (Lipinski definition) is 6. The Morgan fingerprint density at radius 2 is 1.77 bits per heavy atom. The minimum atomic E-state index is -2.04. The zero-order valence-corrected chi connectivity index (χ0v) is 22.0. The number of carboxylic acids is 1. The fourth-order valence-electron chi connectivity index (χ4n) is 3.23. The smallest absolute Gasteiger partial charge is 0.329 e. The van der Waals surface area contributed by atoms with Crippen molar-refractivity contribution < 1.29 is 29.3 Å². The highest BCUT2D eigenvalue weighted by Crippen LogP contribution is 2.17. The van der Waals surface area contributed by atoms with Gasteiger partial charge in [-0.3, -0.25) is 9.59 Å². The first-order valence-corrected chi connectivity index (χ1v) is 12.2. The second kappa shape index (κ2) is 15.5. The van der Waals surface area contributed by atoms with Gasteiger partial charge >= 0.3 is 5.97 Å². The van der Waals surface area contributed by atoms with E-state index in [9.17, 15) is 19.5 Å². The maximum Gasteiger partial charge on any atom is 0.329 e. The minimum Gasteiger partial charge on any atom is -0.480 e. The van der Waals surface area contributed by atoms with Crippen LogP contribution in [0.4, 0.5) is 0 Å². The molecule has 2 rings (SSSR count). The Balaban J connectivity index is 1.82. The number of nitrogens with zero attached hydrogens (tertiary/aromatic N) is 1. The predicted molar refractivity (Wildman–Crippen MR) is 150 cm³/mol. The van der Waals surface area contributed by atoms with E-state index in [1.807, 2.05) is 68.6 Å². The molecule has 10 heteroatoms. The number of nitrogens with two attached hydrogens (primary N) is 1. The first kappa shape index (κ1) is 30.5. The van der Waals surface area contributed by atoms with Crippen molar-refractivity contribution in [1.82, 2.24) is 10.3 Å². The van der Waals surface area contributed by atoms with Crippen LogP contribution in [0.3, 0.4) is 0 Å². The molecule has 2 heterocycles. The van der Waals surface area contributed by atoms with Crippen molar-refractivity contribution in [3.63, 3.8) is 0 Å². The highest BCUT2D eigenvalue weighted by atomic mass is 16.5. The number of H-pyrrole nitrogens is 1. The Kier molecular flexibility index (Phi) is 12.2. The fourth-order valence-corrected chi connectivity index (χ4v) is 3.23. The number of nitrogens with one attached hydrogen (secondary N) is 2. The third kappa shape index (κ3) is 10.7. The summed E-state index contributed by atoms with van der Waals surface area (Å²) in [5.41, 5.74) is 7.11. The topological polar surface area (TPSA) is 167 Å². The summed E-state index contributed by atoms with van der Waals surface area (Å²) in [6.45, 7) is 5.44. The molecule has 1 aromatic heterocycles. The van der Waals surface area contributed by atoms with E-state index in [4.69, 9.17) is 15.6 Å². The van der Waals surface area contributed by atoms with Crippen LogP contribution in [0.15, 0.2) is 101 Å². The Hall–Kier alpha value is -4.70. The van der Waals surface area contributed by atoms with Gasteiger partial charge in [-0.25, -0.2) is 9.79 Å². The molecule has 0 saturated carbocycles. The van der Waals surface area contributed by atoms with Crippen LogP contribution in [0.2, 0.25) is 0 Å². The lowest BCUT2D eigenvalue weighted by Crippen LogP contribution is -2.53. The minimum absolute atomic E-state index is 0.0500. The molecule has 0 fully saturated rings. The van der Waals surface area contributed by atoms with Crippen LogP contribution in [0.5, 0.6) is 0 Å². The van der Waals surface area contributed by atoms with E-state index in [1.165, 1.54) is 13.0 Å². The van der Waals surface area contributed by atoms with Crippen molar-refractivity contribution in [2.75, 3.05) is 0 Å². The Labute approximate surface area is 227 Å². The van der Waals surface area contributed by atoms with Crippen LogP contribution in [0, 0.1) is 0 Å². The molecular weight excluding hydrogens is 500 g/mol. The van der Waals surface area contributed by atoms with E-state index in [-0.39, 0.29) is 17.7 Å². The van der Waals surface area contributed by atoms with Crippen LogP contribution >= 0.6 is 0 Å². The zero-order chi connectivity index (χ0) is 28.8. The number of ether oxygens (including phenoxy) is 1. The van der Waals surface area contributed by atoms with Gasteiger partial charge in [0.2, 0.25) is 17.7 Å². The number of carbonyl (C=O) groups excluding carboxylic acids is 2. The molecule has 6 N–H and O–H groups in total. The summed E-state index contributed by atoms with van der Waals surface area (Å²) in [6, 6.07) is 1.99. The van der Waals surface area contributed by atoms with Gasteiger partial charge in [-0.05, 0) is 39.0 Å². The van der Waals surface area contributed by atoms with E-state index in [1.54, 1.807) is 24.3 Å². The molecule has 0 radical (unpaired) electrons. The highest BCUT2D eigenvalue weighted by molar-refractivity contribution is 5.97. The summed E-state index contributed by atoms with van der Waals surface area (Å²) < 4.78 is 5.81. The molecule has 0 bridgehead atoms. The number of hydrogen-bond donors (Lipinski definition) is 5. The molecule has 0 aliphatic carbocycles. The molecule has 1 aromatic rings. The van der Waals surface area contributed by atoms with Crippen molar-refractivity contribution in [3.8, 4) is 0 Å². The van der Waals surface area contributed by atoms with Gasteiger partial charge in [-0.2, -0.15) is 0 Å². The van der Waals surface area contributed by atoms with Gasteiger partial charge in [-0.15, -0.1) is 0 Å². The average molecular weight is 535 g/mol. The lowest BCUT2D eigenvalue weighted by atomic mass is 10.1. The number of aromatic amines is 1. The summed E-state index contributed by atoms with van der Waals surface area (Å²) in [7, 11) is 0. The lowest BCUT2D eigenvalue weighted by molar-refractivity contribution is -0.148. The van der Waals surface area contributed by atoms with Crippen molar-refractivity contribution in [3.05, 3.63) is 102 Å². The van der Waals surface area contributed by atoms with E-state index in [0.717, 1.165) is 11.3 Å². The van der Waals surface area contributed by atoms with Crippen molar-refractivity contribution >= 4 is 29.8 Å². The summed E-state index contributed by atoms with van der Waals surface area (Å²) in [6.07, 6.45) is 21.5. The molecule has 4 unspecified atom stereocenters. The number of aliphatic carboxylic acids is 1. The zero-order valence-electron chi connectivity index (χ0n) is 22.0. The Morgan fingerprint density at radius 1 is 1.10 bits per heavy atom. The third-order valence-corrected chi connectivity index (χ3v) is 5.42. The molecule has 10 nitrogen and oxygen atoms in total. The fraction of sp³-hybridized carbons (Fsp3) is 0.241. The number of aromatic nitrogens is 1. The maximum absolute atomic E-state index is 12.1. The van der Waals surface area contributed by atoms with E-state index in [2.05, 4.69) is 21.4 Å². The van der Waals surface area contributed by atoms with Crippen molar-refractivity contribution in [1.29, 1.82) is 0 Å². The lowest BCUT2D eigenvalue weighted by Gasteiger charge is -2.17. The molecular formula is C29H34N4O6. The standard InChI is InChI=1S/C29H34N4O6/c1-19(18-23-21(3)39-24(32-23)16-15-22-14-11-17-31-22)12-9-7-5-4-6-8-10-13-20(2)28(36)33-25(29(37)38)26(34)27(30)35/h4-18,21,23,25-26,31,34H,1-3H3,(H2,30,35)(H,33,36)(H,37,38)/b6-4+,7-5+,10-8+,12-9+,16-15+,19-18+,20-13+. The second-order valence-electron chi connectivity index (χ2n) is 8.65. The highest BCUT2D eigenvalue weighted by Gasteiger charge is 2.32. The molecule has 206 valence electrons. The number of allylic oxidation sites excluding steroid dienone is 10. The van der Waals surface area contributed by atoms with Crippen LogP contribution < -0.4 is 11.1 Å². The van der Waals surface area contributed by atoms with Crippen molar-refractivity contribution in [2.45, 2.75) is 45.1 Å². The van der Waals surface area contributed by atoms with Gasteiger partial charge in [0.05, 0.1) is 0 Å². The number of carbonyl (C=O) groups is 3. The molecule has 39 heavy (non-hydrogen) atoms. The normalized spacial score (nSPS) is 20.3. The van der Waals surface area contributed by atoms with Crippen molar-refractivity contribution in [2.24, 2.45) is 10.7 Å². The number of aliphatic hydroxyl groups excluding tert-OH is 1. The predicted octanol–water partition coefficient (Wildman–Crippen LogP) is 2.75. The number of rotatable bonds is 13. The van der Waals surface area contributed by atoms with Crippen LogP contribution in [0.25, 0.3) is 6.08 Å². The van der Waals surface area contributed by atoms with E-state index in [0.29, 0.717) is 5.90 Å². The Bertz CT molecular complexity index is 1250. The first-order chi connectivity index (χ1) is 18.6. The monoisotopic (exact) mass is 534 g/mol. The summed E-state index contributed by atoms with van der Waals surface area (Å²) in [4.78, 5) is 42.0. The molecule has 1 aliphatic rings. The van der Waals surface area contributed by atoms with Gasteiger partial charge in [0, 0.05) is 23.5 Å². The number of aliphatic imine (C=N–C) groups is 1. The quantitative estimate of drug-likeness (QED) is 0.193. The molecule has 1 aliphatic heterocycles. The Morgan fingerprint density at radius 3 is 2.38 bits per heavy atom. The third-order valence-electron chi connectivity index (χ3n) is 5.42. The summed E-state index contributed by atoms with van der Waals surface area (Å²) in [5, 5.41) is 20.7. The van der Waals surface area contributed by atoms with Crippen LogP contribution in [-0.2, 0) is 19.1 Å². The van der Waals surface area contributed by atoms with Gasteiger partial charge in [0.15, 0.2) is 12.1 Å². The molecule has 0 saturated heterocycles. The SMILES string of the molecule is CC(/C=C/C=C/C=C/C=C/C=C(\C)C(=O)NC(C(=O)O)C(O)C(N)=O)=C\C1N=C(/C=C/c2ccc[nH]2)OC1C. The number of amides is 2. The summed E-state index contributed by atoms with van der Waals surface area (Å²) >= 11 is 0. The van der Waals surface area contributed by atoms with Gasteiger partial charge in [0.1, 0.15) is 12.1 Å².